The monoisotopic (exact) mass is 301 g/mol. The molecule has 0 aliphatic heterocycles. The van der Waals surface area contributed by atoms with Gasteiger partial charge in [0.1, 0.15) is 0 Å². The van der Waals surface area contributed by atoms with Gasteiger partial charge in [-0.15, -0.1) is 11.3 Å². The first kappa shape index (κ1) is 14.7. The van der Waals surface area contributed by atoms with Gasteiger partial charge in [-0.25, -0.2) is 0 Å². The van der Waals surface area contributed by atoms with Crippen LogP contribution in [0.5, 0.6) is 0 Å². The van der Waals surface area contributed by atoms with Gasteiger partial charge >= 0.3 is 0 Å². The third-order valence-electron chi connectivity index (χ3n) is 4.46. The van der Waals surface area contributed by atoms with Gasteiger partial charge in [0.05, 0.1) is 0 Å². The number of pyridine rings is 1. The highest BCUT2D eigenvalue weighted by atomic mass is 32.1. The molecule has 0 radical (unpaired) electrons. The molecule has 2 unspecified atom stereocenters. The van der Waals surface area contributed by atoms with Crippen LogP contribution < -0.4 is 11.3 Å². The van der Waals surface area contributed by atoms with Crippen LogP contribution in [0, 0.1) is 0 Å². The first-order valence-electron chi connectivity index (χ1n) is 7.81. The van der Waals surface area contributed by atoms with Crippen LogP contribution in [0.25, 0.3) is 0 Å². The fourth-order valence-electron chi connectivity index (χ4n) is 3.39. The van der Waals surface area contributed by atoms with Gasteiger partial charge in [0.2, 0.25) is 0 Å². The van der Waals surface area contributed by atoms with Gasteiger partial charge in [-0.3, -0.25) is 16.3 Å². The largest absolute Gasteiger partial charge is 0.271 e. The molecule has 2 aromatic heterocycles. The van der Waals surface area contributed by atoms with Crippen molar-refractivity contribution in [3.05, 3.63) is 52.0 Å². The fourth-order valence-corrected chi connectivity index (χ4v) is 4.14. The lowest BCUT2D eigenvalue weighted by Crippen LogP contribution is -2.41. The number of nitrogens with two attached hydrogens (primary N) is 1. The molecule has 112 valence electrons. The van der Waals surface area contributed by atoms with Gasteiger partial charge in [0, 0.05) is 28.7 Å². The zero-order valence-corrected chi connectivity index (χ0v) is 13.1. The summed E-state index contributed by atoms with van der Waals surface area (Å²) >= 11 is 1.84. The number of nitrogens with zero attached hydrogens (tertiary/aromatic N) is 1. The van der Waals surface area contributed by atoms with Crippen molar-refractivity contribution >= 4 is 11.3 Å². The second-order valence-corrected chi connectivity index (χ2v) is 6.82. The van der Waals surface area contributed by atoms with Crippen LogP contribution in [0.1, 0.15) is 47.7 Å². The molecule has 0 saturated carbocycles. The van der Waals surface area contributed by atoms with Crippen LogP contribution in [0.3, 0.4) is 0 Å². The topological polar surface area (TPSA) is 50.9 Å². The van der Waals surface area contributed by atoms with Crippen molar-refractivity contribution in [1.82, 2.24) is 10.4 Å². The second-order valence-electron chi connectivity index (χ2n) is 5.79. The van der Waals surface area contributed by atoms with Crippen molar-refractivity contribution in [2.75, 3.05) is 0 Å². The van der Waals surface area contributed by atoms with Crippen molar-refractivity contribution in [2.24, 2.45) is 5.84 Å². The van der Waals surface area contributed by atoms with E-state index in [1.807, 2.05) is 23.6 Å². The number of thiophene rings is 1. The van der Waals surface area contributed by atoms with E-state index in [2.05, 4.69) is 34.0 Å². The van der Waals surface area contributed by atoms with Crippen LogP contribution >= 0.6 is 11.3 Å². The molecule has 0 fully saturated rings. The summed E-state index contributed by atoms with van der Waals surface area (Å²) in [4.78, 5) is 6.10. The zero-order valence-electron chi connectivity index (χ0n) is 12.3. The summed E-state index contributed by atoms with van der Waals surface area (Å²) in [7, 11) is 0. The van der Waals surface area contributed by atoms with Crippen molar-refractivity contribution in [1.29, 1.82) is 0 Å². The summed E-state index contributed by atoms with van der Waals surface area (Å²) in [6, 6.07) is 8.93. The molecule has 3 nitrogen and oxygen atoms in total. The second kappa shape index (κ2) is 7.16. The number of aromatic nitrogens is 1. The summed E-state index contributed by atoms with van der Waals surface area (Å²) in [6.07, 6.45) is 8.94. The van der Waals surface area contributed by atoms with E-state index >= 15 is 0 Å². The van der Waals surface area contributed by atoms with Gasteiger partial charge in [0.25, 0.3) is 0 Å². The molecule has 0 saturated heterocycles. The van der Waals surface area contributed by atoms with E-state index in [0.29, 0.717) is 12.0 Å². The van der Waals surface area contributed by atoms with E-state index in [9.17, 15) is 0 Å². The SMILES string of the molecule is NNC(CCCc1cccs1)C1CCCc2cccnc21. The molecule has 0 amide bonds. The van der Waals surface area contributed by atoms with Crippen LogP contribution in [0.15, 0.2) is 35.8 Å². The molecule has 1 aliphatic carbocycles. The highest BCUT2D eigenvalue weighted by molar-refractivity contribution is 7.09. The van der Waals surface area contributed by atoms with Crippen molar-refractivity contribution in [3.8, 4) is 0 Å². The molecule has 2 aromatic rings. The third-order valence-corrected chi connectivity index (χ3v) is 5.39. The zero-order chi connectivity index (χ0) is 14.5. The smallest absolute Gasteiger partial charge is 0.0482 e. The lowest BCUT2D eigenvalue weighted by atomic mass is 9.80. The Morgan fingerprint density at radius 3 is 3.14 bits per heavy atom. The Morgan fingerprint density at radius 1 is 1.38 bits per heavy atom. The number of hydrogen-bond acceptors (Lipinski definition) is 4. The summed E-state index contributed by atoms with van der Waals surface area (Å²) in [5.74, 6) is 6.31. The van der Waals surface area contributed by atoms with Crippen LogP contribution in [0.2, 0.25) is 0 Å². The van der Waals surface area contributed by atoms with Crippen LogP contribution in [0.4, 0.5) is 0 Å². The molecule has 2 atom stereocenters. The highest BCUT2D eigenvalue weighted by Crippen LogP contribution is 2.33. The number of rotatable bonds is 6. The lowest BCUT2D eigenvalue weighted by molar-refractivity contribution is 0.365. The summed E-state index contributed by atoms with van der Waals surface area (Å²) < 4.78 is 0. The Hall–Kier alpha value is -1.23. The number of fused-ring (bicyclic) bond motifs is 1. The predicted octanol–water partition coefficient (Wildman–Crippen LogP) is 3.42. The highest BCUT2D eigenvalue weighted by Gasteiger charge is 2.28. The molecular formula is C17H23N3S. The predicted molar refractivity (Wildman–Crippen MR) is 88.3 cm³/mol. The molecule has 0 aromatic carbocycles. The maximum absolute atomic E-state index is 5.85. The minimum atomic E-state index is 0.332. The number of hydrazine groups is 1. The Morgan fingerprint density at radius 2 is 2.33 bits per heavy atom. The van der Waals surface area contributed by atoms with Gasteiger partial charge < -0.3 is 0 Å². The summed E-state index contributed by atoms with van der Waals surface area (Å²) in [5, 5.41) is 2.15. The molecule has 2 heterocycles. The number of nitrogens with one attached hydrogen (secondary N) is 1. The van der Waals surface area contributed by atoms with E-state index in [1.54, 1.807) is 0 Å². The minimum Gasteiger partial charge on any atom is -0.271 e. The summed E-state index contributed by atoms with van der Waals surface area (Å²) in [6.45, 7) is 0. The molecule has 21 heavy (non-hydrogen) atoms. The van der Waals surface area contributed by atoms with E-state index in [-0.39, 0.29) is 0 Å². The first-order chi connectivity index (χ1) is 10.4. The van der Waals surface area contributed by atoms with Gasteiger partial charge in [0.15, 0.2) is 0 Å². The Labute approximate surface area is 130 Å². The van der Waals surface area contributed by atoms with Gasteiger partial charge in [-0.2, -0.15) is 0 Å². The summed E-state index contributed by atoms with van der Waals surface area (Å²) in [5.41, 5.74) is 5.73. The molecule has 3 N–H and O–H groups in total. The third kappa shape index (κ3) is 3.51. The van der Waals surface area contributed by atoms with E-state index in [1.165, 1.54) is 35.4 Å². The Kier molecular flexibility index (Phi) is 5.01. The normalized spacial score (nSPS) is 19.2. The standard InChI is InChI=1S/C17H23N3S/c18-20-16(10-2-7-14-8-4-12-21-14)15-9-1-5-13-6-3-11-19-17(13)15/h3-4,6,8,11-12,15-16,20H,1-2,5,7,9-10,18H2. The molecular weight excluding hydrogens is 278 g/mol. The quantitative estimate of drug-likeness (QED) is 0.635. The minimum absolute atomic E-state index is 0.332. The fraction of sp³-hybridized carbons (Fsp3) is 0.471. The maximum atomic E-state index is 5.85. The number of aryl methyl sites for hydroxylation is 2. The van der Waals surface area contributed by atoms with Gasteiger partial charge in [-0.1, -0.05) is 12.1 Å². The first-order valence-corrected chi connectivity index (χ1v) is 8.68. The van der Waals surface area contributed by atoms with Crippen LogP contribution in [-0.2, 0) is 12.8 Å². The average molecular weight is 301 g/mol. The Bertz CT molecular complexity index is 553. The van der Waals surface area contributed by atoms with E-state index < -0.39 is 0 Å². The molecule has 4 heteroatoms. The van der Waals surface area contributed by atoms with Crippen molar-refractivity contribution < 1.29 is 0 Å². The molecule has 1 aliphatic rings. The molecule has 0 spiro atoms. The lowest BCUT2D eigenvalue weighted by Gasteiger charge is -2.31. The Balaban J connectivity index is 1.63. The molecule has 3 rings (SSSR count). The van der Waals surface area contributed by atoms with Crippen molar-refractivity contribution in [2.45, 2.75) is 50.5 Å². The average Bonchev–Trinajstić information content (AvgIpc) is 3.05. The van der Waals surface area contributed by atoms with Crippen LogP contribution in [-0.4, -0.2) is 11.0 Å². The number of hydrogen-bond donors (Lipinski definition) is 2. The van der Waals surface area contributed by atoms with E-state index in [0.717, 1.165) is 19.3 Å². The van der Waals surface area contributed by atoms with Gasteiger partial charge in [-0.05, 0) is 61.6 Å². The maximum Gasteiger partial charge on any atom is 0.0482 e. The van der Waals surface area contributed by atoms with E-state index in [4.69, 9.17) is 5.84 Å². The molecule has 0 bridgehead atoms. The van der Waals surface area contributed by atoms with Crippen molar-refractivity contribution in [3.63, 3.8) is 0 Å².